The van der Waals surface area contributed by atoms with Crippen LogP contribution in [0.5, 0.6) is 0 Å². The molecule has 0 amide bonds. The number of anilines is 1. The van der Waals surface area contributed by atoms with E-state index in [-0.39, 0.29) is 12.2 Å². The number of aliphatic hydroxyl groups excluding tert-OH is 1. The molecular weight excluding hydrogens is 223 g/mol. The van der Waals surface area contributed by atoms with Crippen molar-refractivity contribution >= 4 is 5.69 Å². The van der Waals surface area contributed by atoms with Crippen molar-refractivity contribution in [2.45, 2.75) is 6.92 Å². The Bertz CT molecular complexity index is 416. The molecule has 0 saturated heterocycles. The van der Waals surface area contributed by atoms with Crippen LogP contribution in [0.2, 0.25) is 0 Å². The van der Waals surface area contributed by atoms with E-state index in [0.717, 1.165) is 5.56 Å². The summed E-state index contributed by atoms with van der Waals surface area (Å²) in [5.41, 5.74) is 1.50. The lowest BCUT2D eigenvalue weighted by Crippen LogP contribution is -2.12. The monoisotopic (exact) mass is 238 g/mol. The molecule has 0 heterocycles. The number of nitrogens with zero attached hydrogens (tertiary/aromatic N) is 1. The summed E-state index contributed by atoms with van der Waals surface area (Å²) in [6.07, 6.45) is 0. The summed E-state index contributed by atoms with van der Waals surface area (Å²) in [4.78, 5) is 0. The highest BCUT2D eigenvalue weighted by molar-refractivity contribution is 5.54. The number of halogens is 1. The smallest absolute Gasteiger partial charge is 0.143 e. The van der Waals surface area contributed by atoms with Crippen molar-refractivity contribution < 1.29 is 14.2 Å². The third-order valence-electron chi connectivity index (χ3n) is 2.23. The van der Waals surface area contributed by atoms with Gasteiger partial charge >= 0.3 is 0 Å². The summed E-state index contributed by atoms with van der Waals surface area (Å²) in [6, 6.07) is 4.60. The summed E-state index contributed by atoms with van der Waals surface area (Å²) in [5, 5.41) is 20.2. The molecule has 92 valence electrons. The molecule has 1 aromatic rings. The van der Waals surface area contributed by atoms with Crippen molar-refractivity contribution in [1.82, 2.24) is 0 Å². The third kappa shape index (κ3) is 4.02. The zero-order valence-electron chi connectivity index (χ0n) is 9.66. The first kappa shape index (κ1) is 13.4. The average Bonchev–Trinajstić information content (AvgIpc) is 2.32. The molecule has 17 heavy (non-hydrogen) atoms. The average molecular weight is 238 g/mol. The van der Waals surface area contributed by atoms with Gasteiger partial charge in [0, 0.05) is 12.2 Å². The highest BCUT2D eigenvalue weighted by atomic mass is 19.1. The highest BCUT2D eigenvalue weighted by Gasteiger charge is 2.06. The zero-order valence-corrected chi connectivity index (χ0v) is 9.66. The largest absolute Gasteiger partial charge is 0.394 e. The van der Waals surface area contributed by atoms with Gasteiger partial charge in [0.15, 0.2) is 0 Å². The third-order valence-corrected chi connectivity index (χ3v) is 2.23. The van der Waals surface area contributed by atoms with Crippen LogP contribution in [0.1, 0.15) is 11.1 Å². The van der Waals surface area contributed by atoms with E-state index >= 15 is 0 Å². The predicted molar refractivity (Wildman–Crippen MR) is 62.2 cm³/mol. The van der Waals surface area contributed by atoms with E-state index in [2.05, 4.69) is 5.32 Å². The van der Waals surface area contributed by atoms with Crippen LogP contribution in [0.15, 0.2) is 12.1 Å². The van der Waals surface area contributed by atoms with E-state index in [0.29, 0.717) is 25.4 Å². The van der Waals surface area contributed by atoms with Gasteiger partial charge in [-0.15, -0.1) is 0 Å². The van der Waals surface area contributed by atoms with E-state index < -0.39 is 5.82 Å². The van der Waals surface area contributed by atoms with Crippen LogP contribution in [0.3, 0.4) is 0 Å². The molecule has 0 fully saturated rings. The van der Waals surface area contributed by atoms with E-state index in [4.69, 9.17) is 15.1 Å². The van der Waals surface area contributed by atoms with Gasteiger partial charge in [0.1, 0.15) is 11.9 Å². The van der Waals surface area contributed by atoms with Gasteiger partial charge < -0.3 is 15.2 Å². The van der Waals surface area contributed by atoms with E-state index in [1.807, 2.05) is 0 Å². The van der Waals surface area contributed by atoms with Gasteiger partial charge in [0.2, 0.25) is 0 Å². The number of aliphatic hydroxyl groups is 1. The number of hydrogen-bond donors (Lipinski definition) is 2. The van der Waals surface area contributed by atoms with Crippen molar-refractivity contribution in [3.8, 4) is 6.07 Å². The Morgan fingerprint density at radius 1 is 1.47 bits per heavy atom. The molecule has 1 rings (SSSR count). The second-order valence-electron chi connectivity index (χ2n) is 3.52. The molecule has 5 heteroatoms. The number of hydrogen-bond acceptors (Lipinski definition) is 4. The van der Waals surface area contributed by atoms with Crippen molar-refractivity contribution in [2.75, 3.05) is 31.7 Å². The Hall–Kier alpha value is -1.64. The second kappa shape index (κ2) is 6.84. The van der Waals surface area contributed by atoms with E-state index in [9.17, 15) is 4.39 Å². The number of nitrogens with one attached hydrogen (secondary N) is 1. The van der Waals surface area contributed by atoms with Gasteiger partial charge in [-0.1, -0.05) is 0 Å². The molecule has 0 aliphatic carbocycles. The van der Waals surface area contributed by atoms with Gasteiger partial charge in [-0.3, -0.25) is 0 Å². The number of nitriles is 1. The molecule has 0 bridgehead atoms. The summed E-state index contributed by atoms with van der Waals surface area (Å²) < 4.78 is 18.4. The molecule has 0 aliphatic rings. The second-order valence-corrected chi connectivity index (χ2v) is 3.52. The zero-order chi connectivity index (χ0) is 12.7. The minimum absolute atomic E-state index is 0.00940. The molecule has 0 aliphatic heterocycles. The Kier molecular flexibility index (Phi) is 5.40. The van der Waals surface area contributed by atoms with E-state index in [1.165, 1.54) is 12.1 Å². The first-order valence-corrected chi connectivity index (χ1v) is 5.31. The maximum atomic E-state index is 13.3. The van der Waals surface area contributed by atoms with Crippen molar-refractivity contribution in [3.05, 3.63) is 29.1 Å². The van der Waals surface area contributed by atoms with Crippen LogP contribution in [0.25, 0.3) is 0 Å². The molecule has 0 atom stereocenters. The molecule has 4 nitrogen and oxygen atoms in total. The normalized spacial score (nSPS) is 10.0. The summed E-state index contributed by atoms with van der Waals surface area (Å²) in [5.74, 6) is -0.531. The standard InChI is InChI=1S/C12H15FN2O2/c1-9-6-10(8-14)11(13)7-12(9)15-2-4-17-5-3-16/h6-7,15-16H,2-5H2,1H3. The number of aryl methyl sites for hydroxylation is 1. The Labute approximate surface area is 99.6 Å². The van der Waals surface area contributed by atoms with Crippen LogP contribution >= 0.6 is 0 Å². The minimum atomic E-state index is -0.531. The molecule has 0 saturated carbocycles. The maximum Gasteiger partial charge on any atom is 0.143 e. The van der Waals surface area contributed by atoms with E-state index in [1.54, 1.807) is 13.0 Å². The van der Waals surface area contributed by atoms with Crippen LogP contribution in [0.4, 0.5) is 10.1 Å². The van der Waals surface area contributed by atoms with Crippen LogP contribution in [-0.2, 0) is 4.74 Å². The number of rotatable bonds is 6. The Morgan fingerprint density at radius 3 is 2.88 bits per heavy atom. The van der Waals surface area contributed by atoms with Gasteiger partial charge in [0.05, 0.1) is 25.4 Å². The predicted octanol–water partition coefficient (Wildman–Crippen LogP) is 1.43. The maximum absolute atomic E-state index is 13.3. The highest BCUT2D eigenvalue weighted by Crippen LogP contribution is 2.19. The first-order chi connectivity index (χ1) is 8.19. The fraction of sp³-hybridized carbons (Fsp3) is 0.417. The van der Waals surface area contributed by atoms with Gasteiger partial charge in [-0.25, -0.2) is 4.39 Å². The van der Waals surface area contributed by atoms with Crippen LogP contribution in [-0.4, -0.2) is 31.5 Å². The summed E-state index contributed by atoms with van der Waals surface area (Å²) in [7, 11) is 0. The lowest BCUT2D eigenvalue weighted by atomic mass is 10.1. The molecule has 0 radical (unpaired) electrons. The molecule has 0 spiro atoms. The Morgan fingerprint density at radius 2 is 2.24 bits per heavy atom. The lowest BCUT2D eigenvalue weighted by Gasteiger charge is -2.10. The first-order valence-electron chi connectivity index (χ1n) is 5.31. The minimum Gasteiger partial charge on any atom is -0.394 e. The SMILES string of the molecule is Cc1cc(C#N)c(F)cc1NCCOCCO. The fourth-order valence-electron chi connectivity index (χ4n) is 1.38. The van der Waals surface area contributed by atoms with Gasteiger partial charge in [-0.2, -0.15) is 5.26 Å². The van der Waals surface area contributed by atoms with Crippen molar-refractivity contribution in [3.63, 3.8) is 0 Å². The number of benzene rings is 1. The van der Waals surface area contributed by atoms with Gasteiger partial charge in [-0.05, 0) is 24.6 Å². The summed E-state index contributed by atoms with van der Waals surface area (Å²) >= 11 is 0. The topological polar surface area (TPSA) is 65.3 Å². The summed E-state index contributed by atoms with van der Waals surface area (Å²) in [6.45, 7) is 3.04. The molecule has 0 unspecified atom stereocenters. The molecule has 1 aromatic carbocycles. The molecular formula is C12H15FN2O2. The molecule has 2 N–H and O–H groups in total. The molecule has 0 aromatic heterocycles. The lowest BCUT2D eigenvalue weighted by molar-refractivity contribution is 0.0992. The van der Waals surface area contributed by atoms with Crippen LogP contribution in [0, 0.1) is 24.1 Å². The fourth-order valence-corrected chi connectivity index (χ4v) is 1.38. The van der Waals surface area contributed by atoms with Crippen molar-refractivity contribution in [2.24, 2.45) is 0 Å². The van der Waals surface area contributed by atoms with Crippen molar-refractivity contribution in [1.29, 1.82) is 5.26 Å². The Balaban J connectivity index is 2.54. The van der Waals surface area contributed by atoms with Gasteiger partial charge in [0.25, 0.3) is 0 Å². The number of ether oxygens (including phenoxy) is 1. The quantitative estimate of drug-likeness (QED) is 0.736. The van der Waals surface area contributed by atoms with Crippen LogP contribution < -0.4 is 5.32 Å².